The third-order valence-electron chi connectivity index (χ3n) is 5.22. The summed E-state index contributed by atoms with van der Waals surface area (Å²) in [6, 6.07) is 15.3. The Hall–Kier alpha value is -2.63. The molecule has 0 N–H and O–H groups in total. The van der Waals surface area contributed by atoms with Crippen molar-refractivity contribution in [2.75, 3.05) is 13.7 Å². The van der Waals surface area contributed by atoms with Crippen molar-refractivity contribution >= 4 is 11.0 Å². The van der Waals surface area contributed by atoms with E-state index in [4.69, 9.17) is 18.6 Å². The molecule has 146 valence electrons. The summed E-state index contributed by atoms with van der Waals surface area (Å²) in [6.45, 7) is 3.04. The number of fused-ring (bicyclic) bond motifs is 1. The molecule has 0 saturated carbocycles. The summed E-state index contributed by atoms with van der Waals surface area (Å²) in [5.41, 5.74) is 3.29. The van der Waals surface area contributed by atoms with E-state index >= 15 is 0 Å². The summed E-state index contributed by atoms with van der Waals surface area (Å²) >= 11 is 0. The second-order valence-electron chi connectivity index (χ2n) is 7.18. The lowest BCUT2D eigenvalue weighted by atomic mass is 9.98. The Balaban J connectivity index is 1.48. The van der Waals surface area contributed by atoms with Gasteiger partial charge in [0, 0.05) is 37.7 Å². The van der Waals surface area contributed by atoms with Crippen LogP contribution in [0.2, 0.25) is 0 Å². The molecule has 2 atom stereocenters. The number of methoxy groups -OCH3 is 1. The highest BCUT2D eigenvalue weighted by atomic mass is 16.5. The van der Waals surface area contributed by atoms with Gasteiger partial charge in [-0.1, -0.05) is 18.2 Å². The van der Waals surface area contributed by atoms with Gasteiger partial charge in [0.2, 0.25) is 0 Å². The molecule has 5 nitrogen and oxygen atoms in total. The van der Waals surface area contributed by atoms with E-state index in [0.29, 0.717) is 24.5 Å². The van der Waals surface area contributed by atoms with Gasteiger partial charge in [0.15, 0.2) is 0 Å². The molecule has 0 amide bonds. The van der Waals surface area contributed by atoms with Crippen LogP contribution < -0.4 is 10.4 Å². The molecule has 2 aromatic carbocycles. The lowest BCUT2D eigenvalue weighted by Gasteiger charge is -2.29. The van der Waals surface area contributed by atoms with Crippen LogP contribution >= 0.6 is 0 Å². The van der Waals surface area contributed by atoms with Gasteiger partial charge < -0.3 is 18.6 Å². The van der Waals surface area contributed by atoms with Crippen LogP contribution in [-0.2, 0) is 16.1 Å². The predicted octanol–water partition coefficient (Wildman–Crippen LogP) is 4.55. The predicted molar refractivity (Wildman–Crippen MR) is 107 cm³/mol. The average molecular weight is 380 g/mol. The molecule has 0 aliphatic carbocycles. The molecule has 2 unspecified atom stereocenters. The Morgan fingerprint density at radius 3 is 2.89 bits per heavy atom. The lowest BCUT2D eigenvalue weighted by molar-refractivity contribution is -0.0599. The maximum absolute atomic E-state index is 11.6. The van der Waals surface area contributed by atoms with E-state index in [0.717, 1.165) is 34.9 Å². The van der Waals surface area contributed by atoms with Gasteiger partial charge in [-0.15, -0.1) is 0 Å². The van der Waals surface area contributed by atoms with Gasteiger partial charge in [-0.2, -0.15) is 0 Å². The SMILES string of the molecule is COC1CCOC(c2cccc(COc3ccc4c(C)cc(=O)oc4c3)c2)C1. The van der Waals surface area contributed by atoms with E-state index in [1.807, 2.05) is 31.2 Å². The molecule has 4 rings (SSSR count). The quantitative estimate of drug-likeness (QED) is 0.608. The van der Waals surface area contributed by atoms with Crippen LogP contribution in [0.1, 0.15) is 35.6 Å². The highest BCUT2D eigenvalue weighted by Crippen LogP contribution is 2.30. The number of rotatable bonds is 5. The molecular weight excluding hydrogens is 356 g/mol. The summed E-state index contributed by atoms with van der Waals surface area (Å²) in [5.74, 6) is 0.667. The van der Waals surface area contributed by atoms with E-state index < -0.39 is 0 Å². The first-order chi connectivity index (χ1) is 13.6. The van der Waals surface area contributed by atoms with Crippen molar-refractivity contribution in [3.05, 3.63) is 75.6 Å². The first-order valence-electron chi connectivity index (χ1n) is 9.53. The molecule has 0 bridgehead atoms. The first kappa shape index (κ1) is 18.7. The van der Waals surface area contributed by atoms with Crippen LogP contribution in [0.3, 0.4) is 0 Å². The number of benzene rings is 2. The zero-order chi connectivity index (χ0) is 19.5. The highest BCUT2D eigenvalue weighted by molar-refractivity contribution is 5.81. The minimum Gasteiger partial charge on any atom is -0.489 e. The van der Waals surface area contributed by atoms with E-state index in [2.05, 4.69) is 12.1 Å². The second kappa shape index (κ2) is 8.17. The van der Waals surface area contributed by atoms with Gasteiger partial charge in [-0.25, -0.2) is 4.79 Å². The van der Waals surface area contributed by atoms with E-state index in [1.165, 1.54) is 6.07 Å². The van der Waals surface area contributed by atoms with Crippen LogP contribution in [0.5, 0.6) is 5.75 Å². The molecular formula is C23H24O5. The third kappa shape index (κ3) is 4.11. The van der Waals surface area contributed by atoms with E-state index in [1.54, 1.807) is 13.2 Å². The van der Waals surface area contributed by atoms with Gasteiger partial charge in [0.05, 0.1) is 12.2 Å². The molecule has 0 radical (unpaired) electrons. The van der Waals surface area contributed by atoms with Crippen LogP contribution in [0.25, 0.3) is 11.0 Å². The van der Waals surface area contributed by atoms with E-state index in [-0.39, 0.29) is 17.8 Å². The smallest absolute Gasteiger partial charge is 0.336 e. The van der Waals surface area contributed by atoms with Crippen LogP contribution in [0, 0.1) is 6.92 Å². The third-order valence-corrected chi connectivity index (χ3v) is 5.22. The maximum Gasteiger partial charge on any atom is 0.336 e. The normalized spacial score (nSPS) is 19.6. The highest BCUT2D eigenvalue weighted by Gasteiger charge is 2.23. The molecule has 5 heteroatoms. The summed E-state index contributed by atoms with van der Waals surface area (Å²) in [6.07, 6.45) is 2.10. The fourth-order valence-corrected chi connectivity index (χ4v) is 3.66. The minimum absolute atomic E-state index is 0.0524. The van der Waals surface area contributed by atoms with Gasteiger partial charge in [0.1, 0.15) is 17.9 Å². The molecule has 1 aliphatic heterocycles. The van der Waals surface area contributed by atoms with Crippen molar-refractivity contribution < 1.29 is 18.6 Å². The van der Waals surface area contributed by atoms with Crippen LogP contribution in [0.15, 0.2) is 57.7 Å². The fourth-order valence-electron chi connectivity index (χ4n) is 3.66. The van der Waals surface area contributed by atoms with Crippen molar-refractivity contribution in [2.24, 2.45) is 0 Å². The maximum atomic E-state index is 11.6. The fraction of sp³-hybridized carbons (Fsp3) is 0.348. The Kier molecular flexibility index (Phi) is 5.46. The van der Waals surface area contributed by atoms with Crippen LogP contribution in [0.4, 0.5) is 0 Å². The number of hydrogen-bond donors (Lipinski definition) is 0. The molecule has 1 aromatic heterocycles. The van der Waals surface area contributed by atoms with Gasteiger partial charge in [0.25, 0.3) is 0 Å². The second-order valence-corrected chi connectivity index (χ2v) is 7.18. The van der Waals surface area contributed by atoms with E-state index in [9.17, 15) is 4.79 Å². The summed E-state index contributed by atoms with van der Waals surface area (Å²) in [5, 5.41) is 0.913. The van der Waals surface area contributed by atoms with Crippen molar-refractivity contribution in [3.8, 4) is 5.75 Å². The van der Waals surface area contributed by atoms with Crippen molar-refractivity contribution in [2.45, 2.75) is 38.6 Å². The van der Waals surface area contributed by atoms with Crippen molar-refractivity contribution in [1.82, 2.24) is 0 Å². The number of hydrogen-bond acceptors (Lipinski definition) is 5. The molecule has 28 heavy (non-hydrogen) atoms. The number of aryl methyl sites for hydroxylation is 1. The molecule has 1 fully saturated rings. The molecule has 2 heterocycles. The first-order valence-corrected chi connectivity index (χ1v) is 9.53. The largest absolute Gasteiger partial charge is 0.489 e. The van der Waals surface area contributed by atoms with Crippen molar-refractivity contribution in [3.63, 3.8) is 0 Å². The average Bonchev–Trinajstić information content (AvgIpc) is 2.72. The monoisotopic (exact) mass is 380 g/mol. The Labute approximate surface area is 163 Å². The lowest BCUT2D eigenvalue weighted by Crippen LogP contribution is -2.25. The van der Waals surface area contributed by atoms with Gasteiger partial charge in [-0.05, 0) is 48.2 Å². The Bertz CT molecular complexity index is 1020. The number of ether oxygens (including phenoxy) is 3. The summed E-state index contributed by atoms with van der Waals surface area (Å²) in [7, 11) is 1.75. The zero-order valence-corrected chi connectivity index (χ0v) is 16.1. The molecule has 1 aliphatic rings. The van der Waals surface area contributed by atoms with Gasteiger partial charge in [-0.3, -0.25) is 0 Å². The van der Waals surface area contributed by atoms with Crippen LogP contribution in [-0.4, -0.2) is 19.8 Å². The van der Waals surface area contributed by atoms with Crippen molar-refractivity contribution in [1.29, 1.82) is 0 Å². The molecule has 0 spiro atoms. The summed E-state index contributed by atoms with van der Waals surface area (Å²) < 4.78 is 22.6. The molecule has 1 saturated heterocycles. The zero-order valence-electron chi connectivity index (χ0n) is 16.1. The topological polar surface area (TPSA) is 57.9 Å². The summed E-state index contributed by atoms with van der Waals surface area (Å²) in [4.78, 5) is 11.6. The Morgan fingerprint density at radius 2 is 2.04 bits per heavy atom. The molecule has 3 aromatic rings. The standard InChI is InChI=1S/C23H24O5/c1-15-10-23(24)28-22-13-19(6-7-20(15)22)27-14-16-4-3-5-17(11-16)21-12-18(25-2)8-9-26-21/h3-7,10-11,13,18,21H,8-9,12,14H2,1-2H3. The minimum atomic E-state index is -0.350. The Morgan fingerprint density at radius 1 is 1.14 bits per heavy atom. The van der Waals surface area contributed by atoms with Gasteiger partial charge >= 0.3 is 5.63 Å².